The van der Waals surface area contributed by atoms with E-state index in [-0.39, 0.29) is 0 Å². The molecule has 0 unspecified atom stereocenters. The van der Waals surface area contributed by atoms with Crippen molar-refractivity contribution in [3.63, 3.8) is 0 Å². The molecule has 1 aromatic carbocycles. The van der Waals surface area contributed by atoms with E-state index >= 15 is 0 Å². The molecular formula is C17H26OSi. The van der Waals surface area contributed by atoms with Gasteiger partial charge in [0.25, 0.3) is 0 Å². The van der Waals surface area contributed by atoms with Crippen LogP contribution in [0.3, 0.4) is 0 Å². The average Bonchev–Trinajstić information content (AvgIpc) is 3.26. The number of benzene rings is 1. The van der Waals surface area contributed by atoms with Crippen LogP contribution in [0, 0.1) is 0 Å². The Hall–Kier alpha value is -1.02. The van der Waals surface area contributed by atoms with Crippen LogP contribution in [-0.4, -0.2) is 15.2 Å². The molecule has 0 aliphatic heterocycles. The molecule has 1 saturated carbocycles. The van der Waals surface area contributed by atoms with Gasteiger partial charge in [-0.25, -0.2) is 0 Å². The van der Waals surface area contributed by atoms with Crippen LogP contribution in [0.15, 0.2) is 41.3 Å². The predicted octanol–water partition coefficient (Wildman–Crippen LogP) is 5.12. The first-order chi connectivity index (χ1) is 9.22. The molecule has 0 aromatic heterocycles. The number of hydrogen-bond donors (Lipinski definition) is 0. The van der Waals surface area contributed by atoms with Gasteiger partial charge < -0.3 is 4.74 Å². The molecule has 19 heavy (non-hydrogen) atoms. The summed E-state index contributed by atoms with van der Waals surface area (Å²) >= 11 is 0. The number of rotatable bonds is 6. The molecular weight excluding hydrogens is 248 g/mol. The van der Waals surface area contributed by atoms with Gasteiger partial charge in [0.2, 0.25) is 0 Å². The molecule has 0 bridgehead atoms. The minimum atomic E-state index is -1.36. The normalized spacial score (nSPS) is 21.2. The lowest BCUT2D eigenvalue weighted by molar-refractivity contribution is 0.312. The Bertz CT molecular complexity index is 437. The average molecular weight is 274 g/mol. The fourth-order valence-corrected chi connectivity index (χ4v) is 7.19. The lowest BCUT2D eigenvalue weighted by Crippen LogP contribution is -2.35. The van der Waals surface area contributed by atoms with Gasteiger partial charge in [0.15, 0.2) is 0 Å². The summed E-state index contributed by atoms with van der Waals surface area (Å²) in [6.07, 6.45) is 1.21. The van der Waals surface area contributed by atoms with Crippen LogP contribution < -0.4 is 0 Å². The zero-order valence-electron chi connectivity index (χ0n) is 12.7. The first-order valence-corrected chi connectivity index (χ1v) is 10.2. The van der Waals surface area contributed by atoms with Crippen molar-refractivity contribution >= 4 is 8.07 Å². The zero-order valence-corrected chi connectivity index (χ0v) is 13.7. The van der Waals surface area contributed by atoms with Crippen LogP contribution in [0.25, 0.3) is 0 Å². The van der Waals surface area contributed by atoms with Gasteiger partial charge in [0, 0.05) is 5.92 Å². The molecule has 1 atom stereocenters. The molecule has 0 saturated heterocycles. The first kappa shape index (κ1) is 14.4. The Balaban J connectivity index is 2.31. The van der Waals surface area contributed by atoms with Gasteiger partial charge in [-0.05, 0) is 17.6 Å². The maximum absolute atomic E-state index is 5.91. The van der Waals surface area contributed by atoms with Crippen molar-refractivity contribution in [2.24, 2.45) is 0 Å². The summed E-state index contributed by atoms with van der Waals surface area (Å²) in [5.41, 5.74) is 3.05. The van der Waals surface area contributed by atoms with E-state index in [4.69, 9.17) is 4.74 Å². The van der Waals surface area contributed by atoms with Gasteiger partial charge in [-0.2, -0.15) is 0 Å². The SMILES string of the molecule is CC[Si](CC)(CC)/C(OC)=C1/C[C@@H]1c1ccccc1. The second kappa shape index (κ2) is 5.95. The zero-order chi connectivity index (χ0) is 13.9. The fourth-order valence-electron chi connectivity index (χ4n) is 3.34. The second-order valence-corrected chi connectivity index (χ2v) is 10.7. The van der Waals surface area contributed by atoms with Gasteiger partial charge in [-0.3, -0.25) is 0 Å². The van der Waals surface area contributed by atoms with E-state index in [1.807, 2.05) is 7.11 Å². The minimum Gasteiger partial charge on any atom is -0.506 e. The standard InChI is InChI=1S/C17H26OSi/c1-5-19(6-2,7-3)17(18-4)16-13-15(16)14-11-9-8-10-12-14/h8-12,15H,5-7,13H2,1-4H3/b17-16-/t15-/m1/s1. The molecule has 1 aromatic rings. The topological polar surface area (TPSA) is 9.23 Å². The van der Waals surface area contributed by atoms with E-state index in [2.05, 4.69) is 51.1 Å². The van der Waals surface area contributed by atoms with Gasteiger partial charge >= 0.3 is 0 Å². The van der Waals surface area contributed by atoms with Crippen molar-refractivity contribution in [1.29, 1.82) is 0 Å². The van der Waals surface area contributed by atoms with Crippen molar-refractivity contribution in [2.45, 2.75) is 51.2 Å². The number of methoxy groups -OCH3 is 1. The van der Waals surface area contributed by atoms with Crippen LogP contribution in [0.2, 0.25) is 18.1 Å². The molecule has 104 valence electrons. The van der Waals surface area contributed by atoms with Crippen LogP contribution in [0.4, 0.5) is 0 Å². The van der Waals surface area contributed by atoms with Crippen LogP contribution in [-0.2, 0) is 4.74 Å². The third-order valence-electron chi connectivity index (χ3n) is 4.89. The first-order valence-electron chi connectivity index (χ1n) is 7.54. The molecule has 1 aliphatic rings. The van der Waals surface area contributed by atoms with Crippen LogP contribution >= 0.6 is 0 Å². The molecule has 0 heterocycles. The molecule has 1 fully saturated rings. The minimum absolute atomic E-state index is 0.632. The Kier molecular flexibility index (Phi) is 4.51. The highest BCUT2D eigenvalue weighted by Gasteiger charge is 2.43. The van der Waals surface area contributed by atoms with Crippen molar-refractivity contribution < 1.29 is 4.74 Å². The lowest BCUT2D eigenvalue weighted by Gasteiger charge is -2.30. The smallest absolute Gasteiger partial charge is 0.130 e. The molecule has 1 aliphatic carbocycles. The van der Waals surface area contributed by atoms with E-state index in [1.54, 1.807) is 5.57 Å². The van der Waals surface area contributed by atoms with Gasteiger partial charge in [0.1, 0.15) is 8.07 Å². The van der Waals surface area contributed by atoms with Gasteiger partial charge in [-0.15, -0.1) is 0 Å². The van der Waals surface area contributed by atoms with E-state index in [0.717, 1.165) is 0 Å². The van der Waals surface area contributed by atoms with Gasteiger partial charge in [-0.1, -0.05) is 69.2 Å². The maximum Gasteiger partial charge on any atom is 0.130 e. The monoisotopic (exact) mass is 274 g/mol. The molecule has 0 amide bonds. The second-order valence-electron chi connectivity index (χ2n) is 5.57. The summed E-state index contributed by atoms with van der Waals surface area (Å²) in [6, 6.07) is 14.8. The van der Waals surface area contributed by atoms with E-state index in [0.29, 0.717) is 5.92 Å². The Morgan fingerprint density at radius 1 is 1.11 bits per heavy atom. The highest BCUT2D eigenvalue weighted by molar-refractivity contribution is 6.86. The molecule has 2 rings (SSSR count). The Labute approximate surface area is 118 Å². The Morgan fingerprint density at radius 3 is 2.16 bits per heavy atom. The van der Waals surface area contributed by atoms with Crippen LogP contribution in [0.5, 0.6) is 0 Å². The number of hydrogen-bond acceptors (Lipinski definition) is 1. The van der Waals surface area contributed by atoms with E-state index < -0.39 is 8.07 Å². The molecule has 0 spiro atoms. The van der Waals surface area contributed by atoms with E-state index in [1.165, 1.54) is 35.5 Å². The van der Waals surface area contributed by atoms with Crippen molar-refractivity contribution in [3.8, 4) is 0 Å². The van der Waals surface area contributed by atoms with E-state index in [9.17, 15) is 0 Å². The van der Waals surface area contributed by atoms with Gasteiger partial charge in [0.05, 0.1) is 12.5 Å². The fraction of sp³-hybridized carbons (Fsp3) is 0.529. The third-order valence-corrected chi connectivity index (χ3v) is 10.4. The van der Waals surface area contributed by atoms with Crippen LogP contribution in [0.1, 0.15) is 38.7 Å². The van der Waals surface area contributed by atoms with Crippen molar-refractivity contribution in [3.05, 3.63) is 46.9 Å². The molecule has 1 nitrogen and oxygen atoms in total. The highest BCUT2D eigenvalue weighted by Crippen LogP contribution is 2.51. The number of allylic oxidation sites excluding steroid dienone is 1. The summed E-state index contributed by atoms with van der Waals surface area (Å²) in [4.78, 5) is 0. The molecule has 2 heteroatoms. The largest absolute Gasteiger partial charge is 0.506 e. The van der Waals surface area contributed by atoms with Crippen molar-refractivity contribution in [2.75, 3.05) is 7.11 Å². The summed E-state index contributed by atoms with van der Waals surface area (Å²) < 4.78 is 5.91. The summed E-state index contributed by atoms with van der Waals surface area (Å²) in [5.74, 6) is 0.632. The summed E-state index contributed by atoms with van der Waals surface area (Å²) in [5, 5.41) is 1.41. The summed E-state index contributed by atoms with van der Waals surface area (Å²) in [6.45, 7) is 7.04. The lowest BCUT2D eigenvalue weighted by atomic mass is 10.1. The predicted molar refractivity (Wildman–Crippen MR) is 85.0 cm³/mol. The number of ether oxygens (including phenoxy) is 1. The molecule has 0 N–H and O–H groups in total. The maximum atomic E-state index is 5.91. The van der Waals surface area contributed by atoms with Crippen molar-refractivity contribution in [1.82, 2.24) is 0 Å². The Morgan fingerprint density at radius 2 is 1.68 bits per heavy atom. The third kappa shape index (κ3) is 2.64. The molecule has 0 radical (unpaired) electrons. The quantitative estimate of drug-likeness (QED) is 0.516. The highest BCUT2D eigenvalue weighted by atomic mass is 28.3. The summed E-state index contributed by atoms with van der Waals surface area (Å²) in [7, 11) is 0.516.